The van der Waals surface area contributed by atoms with Gasteiger partial charge in [-0.05, 0) is 32.9 Å². The second kappa shape index (κ2) is 8.57. The molecule has 0 atom stereocenters. The highest BCUT2D eigenvalue weighted by molar-refractivity contribution is 7.89. The molecule has 2 amide bonds. The van der Waals surface area contributed by atoms with Crippen molar-refractivity contribution in [3.8, 4) is 0 Å². The Hall–Kier alpha value is -2.72. The third-order valence-corrected chi connectivity index (χ3v) is 7.50. The van der Waals surface area contributed by atoms with E-state index in [1.807, 2.05) is 19.1 Å². The van der Waals surface area contributed by atoms with E-state index in [0.29, 0.717) is 17.0 Å². The SMILES string of the molecule is Cc1ccc(C(=O)NCC(=O)N2CCN(S(=O)(=O)c3c(C)nn(C)c3C)CC2)cc1. The van der Waals surface area contributed by atoms with Crippen LogP contribution in [0.15, 0.2) is 29.2 Å². The van der Waals surface area contributed by atoms with Crippen LogP contribution in [0.5, 0.6) is 0 Å². The van der Waals surface area contributed by atoms with Gasteiger partial charge in [-0.15, -0.1) is 0 Å². The van der Waals surface area contributed by atoms with Gasteiger partial charge in [0.15, 0.2) is 0 Å². The molecule has 1 fully saturated rings. The normalized spacial score (nSPS) is 15.3. The van der Waals surface area contributed by atoms with Crippen LogP contribution >= 0.6 is 0 Å². The smallest absolute Gasteiger partial charge is 0.251 e. The average molecular weight is 434 g/mol. The van der Waals surface area contributed by atoms with Crippen molar-refractivity contribution in [2.24, 2.45) is 7.05 Å². The van der Waals surface area contributed by atoms with E-state index in [9.17, 15) is 18.0 Å². The third-order valence-electron chi connectivity index (χ3n) is 5.35. The second-order valence-corrected chi connectivity index (χ2v) is 9.33. The minimum absolute atomic E-state index is 0.125. The molecule has 0 spiro atoms. The highest BCUT2D eigenvalue weighted by Gasteiger charge is 2.33. The summed E-state index contributed by atoms with van der Waals surface area (Å²) in [6.07, 6.45) is 0. The molecular weight excluding hydrogens is 406 g/mol. The molecule has 2 heterocycles. The predicted octanol–water partition coefficient (Wildman–Crippen LogP) is 0.608. The monoisotopic (exact) mass is 433 g/mol. The van der Waals surface area contributed by atoms with Gasteiger partial charge >= 0.3 is 0 Å². The summed E-state index contributed by atoms with van der Waals surface area (Å²) in [5.41, 5.74) is 2.59. The van der Waals surface area contributed by atoms with Crippen molar-refractivity contribution in [3.63, 3.8) is 0 Å². The molecule has 1 N–H and O–H groups in total. The fourth-order valence-electron chi connectivity index (χ4n) is 3.51. The molecule has 0 radical (unpaired) electrons. The highest BCUT2D eigenvalue weighted by Crippen LogP contribution is 2.24. The topological polar surface area (TPSA) is 105 Å². The van der Waals surface area contributed by atoms with Crippen LogP contribution in [0.25, 0.3) is 0 Å². The van der Waals surface area contributed by atoms with Gasteiger partial charge < -0.3 is 10.2 Å². The van der Waals surface area contributed by atoms with Gasteiger partial charge in [0.1, 0.15) is 4.90 Å². The molecule has 1 aliphatic heterocycles. The highest BCUT2D eigenvalue weighted by atomic mass is 32.2. The van der Waals surface area contributed by atoms with Crippen LogP contribution in [0.2, 0.25) is 0 Å². The van der Waals surface area contributed by atoms with Gasteiger partial charge in [0, 0.05) is 38.8 Å². The maximum atomic E-state index is 13.0. The van der Waals surface area contributed by atoms with E-state index >= 15 is 0 Å². The van der Waals surface area contributed by atoms with Crippen LogP contribution in [0.1, 0.15) is 27.3 Å². The van der Waals surface area contributed by atoms with Gasteiger partial charge in [-0.1, -0.05) is 17.7 Å². The molecule has 30 heavy (non-hydrogen) atoms. The van der Waals surface area contributed by atoms with Crippen LogP contribution in [-0.4, -0.2) is 71.9 Å². The first-order valence-electron chi connectivity index (χ1n) is 9.74. The number of hydrogen-bond donors (Lipinski definition) is 1. The van der Waals surface area contributed by atoms with Crippen molar-refractivity contribution in [2.75, 3.05) is 32.7 Å². The Morgan fingerprint density at radius 3 is 2.17 bits per heavy atom. The van der Waals surface area contributed by atoms with Crippen LogP contribution < -0.4 is 5.32 Å². The zero-order chi connectivity index (χ0) is 22.1. The van der Waals surface area contributed by atoms with Crippen LogP contribution in [0.4, 0.5) is 0 Å². The Morgan fingerprint density at radius 2 is 1.63 bits per heavy atom. The lowest BCUT2D eigenvalue weighted by Crippen LogP contribution is -2.52. The van der Waals surface area contributed by atoms with Gasteiger partial charge in [-0.3, -0.25) is 14.3 Å². The number of sulfonamides is 1. The van der Waals surface area contributed by atoms with Gasteiger partial charge in [0.25, 0.3) is 5.91 Å². The predicted molar refractivity (Wildman–Crippen MR) is 112 cm³/mol. The number of aryl methyl sites for hydroxylation is 3. The van der Waals surface area contributed by atoms with Crippen molar-refractivity contribution in [1.29, 1.82) is 0 Å². The Morgan fingerprint density at radius 1 is 1.03 bits per heavy atom. The minimum atomic E-state index is -3.67. The van der Waals surface area contributed by atoms with Crippen molar-refractivity contribution in [1.82, 2.24) is 24.3 Å². The molecule has 2 aromatic rings. The summed E-state index contributed by atoms with van der Waals surface area (Å²) in [7, 11) is -1.96. The first-order valence-corrected chi connectivity index (χ1v) is 11.2. The Labute approximate surface area is 176 Å². The van der Waals surface area contributed by atoms with Crippen molar-refractivity contribution in [2.45, 2.75) is 25.7 Å². The Kier molecular flexibility index (Phi) is 6.27. The lowest BCUT2D eigenvalue weighted by atomic mass is 10.1. The zero-order valence-electron chi connectivity index (χ0n) is 17.7. The molecule has 1 saturated heterocycles. The fourth-order valence-corrected chi connectivity index (χ4v) is 5.33. The summed E-state index contributed by atoms with van der Waals surface area (Å²) in [6, 6.07) is 7.09. The van der Waals surface area contributed by atoms with Crippen molar-refractivity contribution < 1.29 is 18.0 Å². The average Bonchev–Trinajstić information content (AvgIpc) is 2.98. The van der Waals surface area contributed by atoms with Crippen molar-refractivity contribution in [3.05, 3.63) is 46.8 Å². The number of nitrogens with zero attached hydrogens (tertiary/aromatic N) is 4. The zero-order valence-corrected chi connectivity index (χ0v) is 18.5. The number of piperazine rings is 1. The quantitative estimate of drug-likeness (QED) is 0.744. The van der Waals surface area contributed by atoms with Crippen LogP contribution in [0, 0.1) is 20.8 Å². The second-order valence-electron chi connectivity index (χ2n) is 7.46. The molecule has 0 unspecified atom stereocenters. The first-order chi connectivity index (χ1) is 14.1. The van der Waals surface area contributed by atoms with E-state index in [1.54, 1.807) is 42.6 Å². The number of hydrogen-bond acceptors (Lipinski definition) is 5. The standard InChI is InChI=1S/C20H27N5O4S/c1-14-5-7-17(8-6-14)20(27)21-13-18(26)24-9-11-25(12-10-24)30(28,29)19-15(2)22-23(4)16(19)3/h5-8H,9-13H2,1-4H3,(H,21,27). The molecule has 0 bridgehead atoms. The lowest BCUT2D eigenvalue weighted by Gasteiger charge is -2.34. The fraction of sp³-hybridized carbons (Fsp3) is 0.450. The summed E-state index contributed by atoms with van der Waals surface area (Å²) < 4.78 is 29.0. The van der Waals surface area contributed by atoms with Crippen LogP contribution in [-0.2, 0) is 21.9 Å². The van der Waals surface area contributed by atoms with E-state index in [0.717, 1.165) is 5.56 Å². The van der Waals surface area contributed by atoms with Gasteiger partial charge in [-0.25, -0.2) is 8.42 Å². The number of aromatic nitrogens is 2. The molecule has 3 rings (SSSR count). The number of carbonyl (C=O) groups is 2. The van der Waals surface area contributed by atoms with Crippen LogP contribution in [0.3, 0.4) is 0 Å². The third kappa shape index (κ3) is 4.39. The summed E-state index contributed by atoms with van der Waals surface area (Å²) in [5.74, 6) is -0.548. The van der Waals surface area contributed by atoms with E-state index in [4.69, 9.17) is 0 Å². The maximum Gasteiger partial charge on any atom is 0.251 e. The summed E-state index contributed by atoms with van der Waals surface area (Å²) in [6.45, 7) is 6.16. The Bertz CT molecular complexity index is 1050. The van der Waals surface area contributed by atoms with E-state index in [2.05, 4.69) is 10.4 Å². The van der Waals surface area contributed by atoms with Gasteiger partial charge in [0.2, 0.25) is 15.9 Å². The summed E-state index contributed by atoms with van der Waals surface area (Å²) in [5, 5.41) is 6.82. The lowest BCUT2D eigenvalue weighted by molar-refractivity contribution is -0.131. The van der Waals surface area contributed by atoms with Crippen molar-refractivity contribution >= 4 is 21.8 Å². The summed E-state index contributed by atoms with van der Waals surface area (Å²) >= 11 is 0. The van der Waals surface area contributed by atoms with E-state index < -0.39 is 10.0 Å². The molecule has 0 aliphatic carbocycles. The molecule has 10 heteroatoms. The maximum absolute atomic E-state index is 13.0. The molecule has 1 aliphatic rings. The first kappa shape index (κ1) is 22.0. The molecule has 162 valence electrons. The molecule has 0 saturated carbocycles. The molecule has 1 aromatic carbocycles. The molecule has 1 aromatic heterocycles. The van der Waals surface area contributed by atoms with E-state index in [1.165, 1.54) is 4.31 Å². The number of amides is 2. The van der Waals surface area contributed by atoms with E-state index in [-0.39, 0.29) is 49.4 Å². The largest absolute Gasteiger partial charge is 0.343 e. The number of rotatable bonds is 5. The van der Waals surface area contributed by atoms with Gasteiger partial charge in [0.05, 0.1) is 17.9 Å². The number of nitrogens with one attached hydrogen (secondary N) is 1. The molecular formula is C20H27N5O4S. The number of carbonyl (C=O) groups excluding carboxylic acids is 2. The summed E-state index contributed by atoms with van der Waals surface area (Å²) in [4.78, 5) is 26.4. The van der Waals surface area contributed by atoms with Gasteiger partial charge in [-0.2, -0.15) is 9.40 Å². The Balaban J connectivity index is 1.56. The molecule has 9 nitrogen and oxygen atoms in total. The minimum Gasteiger partial charge on any atom is -0.343 e. The number of benzene rings is 1.